The Labute approximate surface area is 188 Å². The molecule has 3 N–H and O–H groups in total. The maximum Gasteiger partial charge on any atom is 0.340 e. The van der Waals surface area contributed by atoms with Crippen molar-refractivity contribution in [3.05, 3.63) is 87.4 Å². The van der Waals surface area contributed by atoms with E-state index in [1.807, 2.05) is 36.4 Å². The molecule has 2 aliphatic rings. The van der Waals surface area contributed by atoms with Crippen molar-refractivity contribution in [2.24, 2.45) is 5.73 Å². The normalized spacial score (nSPS) is 19.1. The van der Waals surface area contributed by atoms with Crippen LogP contribution in [0, 0.1) is 6.92 Å². The van der Waals surface area contributed by atoms with Gasteiger partial charge < -0.3 is 20.1 Å². The molecule has 1 atom stereocenters. The molecule has 2 aromatic carbocycles. The molecule has 1 amide bonds. The third-order valence-corrected chi connectivity index (χ3v) is 6.18. The number of ether oxygens (including phenoxy) is 2. The molecule has 2 aliphatic heterocycles. The largest absolute Gasteiger partial charge is 0.465 e. The number of aromatic amines is 1. The number of fused-ring (bicyclic) bond motifs is 4. The Bertz CT molecular complexity index is 1300. The molecule has 162 valence electrons. The van der Waals surface area contributed by atoms with Gasteiger partial charge in [0.05, 0.1) is 19.2 Å². The minimum atomic E-state index is -1.55. The van der Waals surface area contributed by atoms with E-state index in [4.69, 9.17) is 26.8 Å². The molecule has 3 heterocycles. The summed E-state index contributed by atoms with van der Waals surface area (Å²) in [6.07, 6.45) is 0. The Morgan fingerprint density at radius 1 is 1.25 bits per heavy atom. The SMILES string of the molecule is COC(=O)C1=C(N)Oc2n[nH]c(C)c2C12C(=O)N(Cc1ccc(Cl)cc1)c1ccccc12. The van der Waals surface area contributed by atoms with Gasteiger partial charge in [-0.3, -0.25) is 9.89 Å². The van der Waals surface area contributed by atoms with Crippen LogP contribution in [-0.2, 0) is 26.3 Å². The fourth-order valence-electron chi connectivity index (χ4n) is 4.61. The van der Waals surface area contributed by atoms with Gasteiger partial charge in [0.25, 0.3) is 0 Å². The number of nitrogens with one attached hydrogen (secondary N) is 1. The number of hydrogen-bond acceptors (Lipinski definition) is 6. The molecular weight excluding hydrogens is 432 g/mol. The van der Waals surface area contributed by atoms with Crippen LogP contribution >= 0.6 is 11.6 Å². The summed E-state index contributed by atoms with van der Waals surface area (Å²) >= 11 is 6.03. The van der Waals surface area contributed by atoms with Crippen LogP contribution in [0.2, 0.25) is 5.02 Å². The fourth-order valence-corrected chi connectivity index (χ4v) is 4.73. The van der Waals surface area contributed by atoms with Gasteiger partial charge in [0.15, 0.2) is 0 Å². The quantitative estimate of drug-likeness (QED) is 0.593. The second-order valence-electron chi connectivity index (χ2n) is 7.65. The topological polar surface area (TPSA) is 111 Å². The summed E-state index contributed by atoms with van der Waals surface area (Å²) in [5, 5.41) is 7.63. The number of anilines is 1. The minimum Gasteiger partial charge on any atom is -0.465 e. The molecule has 32 heavy (non-hydrogen) atoms. The Kier molecular flexibility index (Phi) is 4.49. The summed E-state index contributed by atoms with van der Waals surface area (Å²) in [6.45, 7) is 2.04. The molecular formula is C23H19ClN4O4. The number of esters is 1. The molecule has 0 bridgehead atoms. The molecule has 1 aromatic heterocycles. The number of carbonyl (C=O) groups excluding carboxylic acids is 2. The van der Waals surface area contributed by atoms with Crippen molar-refractivity contribution in [1.29, 1.82) is 0 Å². The molecule has 1 spiro atoms. The maximum absolute atomic E-state index is 14.3. The van der Waals surface area contributed by atoms with Crippen molar-refractivity contribution in [2.45, 2.75) is 18.9 Å². The molecule has 9 heteroatoms. The number of aryl methyl sites for hydroxylation is 1. The van der Waals surface area contributed by atoms with E-state index in [2.05, 4.69) is 10.2 Å². The van der Waals surface area contributed by atoms with Crippen LogP contribution < -0.4 is 15.4 Å². The highest BCUT2D eigenvalue weighted by atomic mass is 35.5. The van der Waals surface area contributed by atoms with Crippen LogP contribution in [0.3, 0.4) is 0 Å². The van der Waals surface area contributed by atoms with Gasteiger partial charge in [0.2, 0.25) is 17.7 Å². The van der Waals surface area contributed by atoms with Gasteiger partial charge >= 0.3 is 5.97 Å². The van der Waals surface area contributed by atoms with Crippen LogP contribution in [0.15, 0.2) is 60.0 Å². The molecule has 5 rings (SSSR count). The van der Waals surface area contributed by atoms with Crippen LogP contribution in [0.5, 0.6) is 5.88 Å². The summed E-state index contributed by atoms with van der Waals surface area (Å²) < 4.78 is 10.7. The first-order valence-electron chi connectivity index (χ1n) is 9.87. The smallest absolute Gasteiger partial charge is 0.340 e. The standard InChI is InChI=1S/C23H19ClN4O4/c1-12-17-20(27-26-12)32-19(25)18(21(29)31-2)23(17)15-5-3-4-6-16(15)28(22(23)30)11-13-7-9-14(24)10-8-13/h3-10H,11,25H2,1-2H3,(H,26,27). The van der Waals surface area contributed by atoms with Gasteiger partial charge in [-0.1, -0.05) is 41.9 Å². The monoisotopic (exact) mass is 450 g/mol. The number of amides is 1. The van der Waals surface area contributed by atoms with Gasteiger partial charge in [-0.25, -0.2) is 4.79 Å². The number of nitrogens with two attached hydrogens (primary N) is 1. The molecule has 0 saturated heterocycles. The number of nitrogens with zero attached hydrogens (tertiary/aromatic N) is 2. The number of methoxy groups -OCH3 is 1. The molecule has 0 aliphatic carbocycles. The number of aromatic nitrogens is 2. The Morgan fingerprint density at radius 3 is 2.69 bits per heavy atom. The van der Waals surface area contributed by atoms with Crippen molar-refractivity contribution < 1.29 is 19.1 Å². The van der Waals surface area contributed by atoms with Crippen molar-refractivity contribution in [3.8, 4) is 5.88 Å². The zero-order valence-corrected chi connectivity index (χ0v) is 18.1. The lowest BCUT2D eigenvalue weighted by molar-refractivity contribution is -0.138. The Balaban J connectivity index is 1.79. The van der Waals surface area contributed by atoms with Gasteiger partial charge in [0.1, 0.15) is 11.0 Å². The summed E-state index contributed by atoms with van der Waals surface area (Å²) in [7, 11) is 1.24. The highest BCUT2D eigenvalue weighted by Crippen LogP contribution is 2.56. The van der Waals surface area contributed by atoms with Crippen LogP contribution in [-0.4, -0.2) is 29.2 Å². The van der Waals surface area contributed by atoms with Gasteiger partial charge in [0, 0.05) is 22.0 Å². The average Bonchev–Trinajstić information content (AvgIpc) is 3.27. The van der Waals surface area contributed by atoms with E-state index in [0.717, 1.165) is 5.56 Å². The van der Waals surface area contributed by atoms with E-state index in [1.165, 1.54) is 7.11 Å². The highest BCUT2D eigenvalue weighted by Gasteiger charge is 2.62. The number of para-hydroxylation sites is 1. The number of halogens is 1. The summed E-state index contributed by atoms with van der Waals surface area (Å²) in [4.78, 5) is 28.9. The second-order valence-corrected chi connectivity index (χ2v) is 8.08. The highest BCUT2D eigenvalue weighted by molar-refractivity contribution is 6.30. The van der Waals surface area contributed by atoms with Crippen molar-refractivity contribution in [1.82, 2.24) is 10.2 Å². The van der Waals surface area contributed by atoms with Crippen LogP contribution in [0.4, 0.5) is 5.69 Å². The minimum absolute atomic E-state index is 0.0620. The lowest BCUT2D eigenvalue weighted by Crippen LogP contribution is -2.48. The number of rotatable bonds is 3. The van der Waals surface area contributed by atoms with Gasteiger partial charge in [-0.15, -0.1) is 5.10 Å². The first-order chi connectivity index (χ1) is 15.4. The molecule has 0 saturated carbocycles. The number of carbonyl (C=O) groups is 2. The van der Waals surface area contributed by atoms with Gasteiger partial charge in [-0.05, 0) is 30.7 Å². The fraction of sp³-hybridized carbons (Fsp3) is 0.174. The zero-order valence-electron chi connectivity index (χ0n) is 17.3. The summed E-state index contributed by atoms with van der Waals surface area (Å²) in [5.74, 6) is -1.15. The van der Waals surface area contributed by atoms with E-state index in [0.29, 0.717) is 27.5 Å². The van der Waals surface area contributed by atoms with E-state index in [9.17, 15) is 9.59 Å². The number of hydrogen-bond donors (Lipinski definition) is 2. The molecule has 8 nitrogen and oxygen atoms in total. The Hall–Kier alpha value is -3.78. The predicted molar refractivity (Wildman–Crippen MR) is 117 cm³/mol. The van der Waals surface area contributed by atoms with E-state index < -0.39 is 11.4 Å². The second kappa shape index (κ2) is 7.13. The first-order valence-corrected chi connectivity index (χ1v) is 10.2. The van der Waals surface area contributed by atoms with Crippen molar-refractivity contribution in [2.75, 3.05) is 12.0 Å². The molecule has 1 unspecified atom stereocenters. The molecule has 0 radical (unpaired) electrons. The van der Waals surface area contributed by atoms with Crippen LogP contribution in [0.25, 0.3) is 0 Å². The van der Waals surface area contributed by atoms with E-state index in [1.54, 1.807) is 24.0 Å². The van der Waals surface area contributed by atoms with Crippen molar-refractivity contribution >= 4 is 29.2 Å². The molecule has 0 fully saturated rings. The van der Waals surface area contributed by atoms with Crippen LogP contribution in [0.1, 0.15) is 22.4 Å². The number of benzene rings is 2. The third kappa shape index (κ3) is 2.59. The van der Waals surface area contributed by atoms with E-state index in [-0.39, 0.29) is 29.8 Å². The van der Waals surface area contributed by atoms with Gasteiger partial charge in [-0.2, -0.15) is 0 Å². The lowest BCUT2D eigenvalue weighted by Gasteiger charge is -2.34. The third-order valence-electron chi connectivity index (χ3n) is 5.93. The van der Waals surface area contributed by atoms with E-state index >= 15 is 0 Å². The maximum atomic E-state index is 14.3. The number of H-pyrrole nitrogens is 1. The molecule has 3 aromatic rings. The average molecular weight is 451 g/mol. The van der Waals surface area contributed by atoms with Crippen molar-refractivity contribution in [3.63, 3.8) is 0 Å². The summed E-state index contributed by atoms with van der Waals surface area (Å²) in [5.41, 5.74) is 7.76. The Morgan fingerprint density at radius 2 is 1.97 bits per heavy atom. The predicted octanol–water partition coefficient (Wildman–Crippen LogP) is 2.94. The zero-order chi connectivity index (χ0) is 22.6. The summed E-state index contributed by atoms with van der Waals surface area (Å²) in [6, 6.07) is 14.6. The lowest BCUT2D eigenvalue weighted by atomic mass is 9.68. The first kappa shape index (κ1) is 20.1.